The Labute approximate surface area is 148 Å². The second-order valence-electron chi connectivity index (χ2n) is 5.41. The molecule has 0 atom stereocenters. The molecule has 0 saturated carbocycles. The van der Waals surface area contributed by atoms with Gasteiger partial charge in [0.1, 0.15) is 0 Å². The summed E-state index contributed by atoms with van der Waals surface area (Å²) in [5.41, 5.74) is 0.795. The maximum absolute atomic E-state index is 12.6. The van der Waals surface area contributed by atoms with Crippen LogP contribution < -0.4 is 10.6 Å². The maximum Gasteiger partial charge on any atom is 0.417 e. The van der Waals surface area contributed by atoms with E-state index in [4.69, 9.17) is 4.74 Å². The van der Waals surface area contributed by atoms with Crippen molar-refractivity contribution in [1.29, 1.82) is 0 Å². The number of hydrogen-bond acceptors (Lipinski definition) is 5. The van der Waals surface area contributed by atoms with Crippen LogP contribution in [0.1, 0.15) is 11.3 Å². The first-order valence-corrected chi connectivity index (χ1v) is 7.85. The third-order valence-electron chi connectivity index (χ3n) is 3.44. The third kappa shape index (κ3) is 6.08. The molecule has 0 saturated heterocycles. The molecule has 2 heterocycles. The van der Waals surface area contributed by atoms with E-state index in [0.29, 0.717) is 30.1 Å². The van der Waals surface area contributed by atoms with Gasteiger partial charge in [0.2, 0.25) is 5.91 Å². The Kier molecular flexibility index (Phi) is 7.05. The minimum Gasteiger partial charge on any atom is -0.383 e. The lowest BCUT2D eigenvalue weighted by Gasteiger charge is -2.09. The Balaban J connectivity index is 1.94. The van der Waals surface area contributed by atoms with Crippen molar-refractivity contribution in [3.8, 4) is 11.3 Å². The molecule has 0 aliphatic rings. The zero-order chi connectivity index (χ0) is 19.0. The molecule has 140 valence electrons. The molecule has 0 unspecified atom stereocenters. The lowest BCUT2D eigenvalue weighted by Crippen LogP contribution is -2.35. The van der Waals surface area contributed by atoms with Gasteiger partial charge in [0.25, 0.3) is 0 Å². The van der Waals surface area contributed by atoms with E-state index in [9.17, 15) is 18.0 Å². The van der Waals surface area contributed by atoms with Crippen LogP contribution in [-0.2, 0) is 22.3 Å². The van der Waals surface area contributed by atoms with Crippen LogP contribution in [0.3, 0.4) is 0 Å². The molecule has 0 aliphatic carbocycles. The highest BCUT2D eigenvalue weighted by molar-refractivity contribution is 5.77. The molecule has 0 fully saturated rings. The normalized spacial score (nSPS) is 11.4. The average molecular weight is 368 g/mol. The number of methoxy groups -OCH3 is 1. The van der Waals surface area contributed by atoms with E-state index in [1.54, 1.807) is 19.2 Å². The zero-order valence-electron chi connectivity index (χ0n) is 14.1. The van der Waals surface area contributed by atoms with Gasteiger partial charge in [-0.15, -0.1) is 0 Å². The first kappa shape index (κ1) is 19.8. The number of rotatable bonds is 8. The van der Waals surface area contributed by atoms with Gasteiger partial charge in [-0.25, -0.2) is 0 Å². The first-order valence-electron chi connectivity index (χ1n) is 7.85. The van der Waals surface area contributed by atoms with Crippen molar-refractivity contribution < 1.29 is 22.7 Å². The van der Waals surface area contributed by atoms with Crippen LogP contribution in [0, 0.1) is 0 Å². The Morgan fingerprint density at radius 2 is 2.04 bits per heavy atom. The van der Waals surface area contributed by atoms with Crippen molar-refractivity contribution in [1.82, 2.24) is 20.6 Å². The average Bonchev–Trinajstić information content (AvgIpc) is 2.63. The minimum atomic E-state index is -4.42. The number of aromatic nitrogens is 2. The molecule has 0 aromatic carbocycles. The topological polar surface area (TPSA) is 76.1 Å². The molecule has 26 heavy (non-hydrogen) atoms. The number of hydrogen-bond donors (Lipinski definition) is 2. The van der Waals surface area contributed by atoms with E-state index >= 15 is 0 Å². The first-order chi connectivity index (χ1) is 12.4. The zero-order valence-corrected chi connectivity index (χ0v) is 14.1. The van der Waals surface area contributed by atoms with Crippen molar-refractivity contribution in [2.75, 3.05) is 26.8 Å². The van der Waals surface area contributed by atoms with E-state index in [-0.39, 0.29) is 19.0 Å². The summed E-state index contributed by atoms with van der Waals surface area (Å²) in [6, 6.07) is 5.61. The molecule has 2 N–H and O–H groups in total. The molecule has 9 heteroatoms. The van der Waals surface area contributed by atoms with Gasteiger partial charge in [-0.05, 0) is 24.3 Å². The predicted octanol–water partition coefficient (Wildman–Crippen LogP) is 2.01. The van der Waals surface area contributed by atoms with Gasteiger partial charge in [-0.1, -0.05) is 0 Å². The molecule has 6 nitrogen and oxygen atoms in total. The smallest absolute Gasteiger partial charge is 0.383 e. The van der Waals surface area contributed by atoms with Gasteiger partial charge in [-0.2, -0.15) is 13.2 Å². The van der Waals surface area contributed by atoms with Crippen molar-refractivity contribution in [2.45, 2.75) is 12.7 Å². The van der Waals surface area contributed by atoms with Gasteiger partial charge < -0.3 is 15.4 Å². The van der Waals surface area contributed by atoms with E-state index in [1.807, 2.05) is 0 Å². The summed E-state index contributed by atoms with van der Waals surface area (Å²) in [7, 11) is 1.58. The highest BCUT2D eigenvalue weighted by atomic mass is 19.4. The van der Waals surface area contributed by atoms with Crippen LogP contribution >= 0.6 is 0 Å². The summed E-state index contributed by atoms with van der Waals surface area (Å²) < 4.78 is 42.6. The Hall–Kier alpha value is -2.52. The molecule has 0 spiro atoms. The van der Waals surface area contributed by atoms with Crippen LogP contribution in [0.15, 0.2) is 36.7 Å². The lowest BCUT2D eigenvalue weighted by atomic mass is 10.1. The van der Waals surface area contributed by atoms with Gasteiger partial charge in [0.15, 0.2) is 0 Å². The number of carbonyl (C=O) groups excluding carboxylic acids is 1. The molecule has 0 aliphatic heterocycles. The quantitative estimate of drug-likeness (QED) is 0.697. The van der Waals surface area contributed by atoms with E-state index in [1.165, 1.54) is 12.3 Å². The Morgan fingerprint density at radius 1 is 1.23 bits per heavy atom. The second kappa shape index (κ2) is 9.25. The molecule has 1 amide bonds. The summed E-state index contributed by atoms with van der Waals surface area (Å²) >= 11 is 0. The Bertz CT molecular complexity index is 721. The summed E-state index contributed by atoms with van der Waals surface area (Å²) in [4.78, 5) is 19.7. The summed E-state index contributed by atoms with van der Waals surface area (Å²) in [6.45, 7) is 1.44. The Morgan fingerprint density at radius 3 is 2.69 bits per heavy atom. The number of nitrogens with one attached hydrogen (secondary N) is 2. The van der Waals surface area contributed by atoms with Crippen molar-refractivity contribution in [2.24, 2.45) is 0 Å². The van der Waals surface area contributed by atoms with Gasteiger partial charge in [0.05, 0.1) is 36.6 Å². The second-order valence-corrected chi connectivity index (χ2v) is 5.41. The number of nitrogens with zero attached hydrogens (tertiary/aromatic N) is 2. The predicted molar refractivity (Wildman–Crippen MR) is 89.1 cm³/mol. The molecule has 2 aromatic heterocycles. The maximum atomic E-state index is 12.6. The van der Waals surface area contributed by atoms with E-state index in [0.717, 1.165) is 12.3 Å². The summed E-state index contributed by atoms with van der Waals surface area (Å²) in [5.74, 6) is -0.194. The van der Waals surface area contributed by atoms with Crippen LogP contribution in [-0.4, -0.2) is 42.7 Å². The largest absolute Gasteiger partial charge is 0.417 e. The molecule has 2 rings (SSSR count). The molecular weight excluding hydrogens is 349 g/mol. The summed E-state index contributed by atoms with van der Waals surface area (Å²) in [6.07, 6.45) is -2.10. The van der Waals surface area contributed by atoms with Gasteiger partial charge >= 0.3 is 6.18 Å². The van der Waals surface area contributed by atoms with Crippen molar-refractivity contribution in [3.05, 3.63) is 47.9 Å². The fourth-order valence-corrected chi connectivity index (χ4v) is 2.09. The monoisotopic (exact) mass is 368 g/mol. The van der Waals surface area contributed by atoms with Crippen LogP contribution in [0.4, 0.5) is 13.2 Å². The van der Waals surface area contributed by atoms with Crippen molar-refractivity contribution >= 4 is 5.91 Å². The van der Waals surface area contributed by atoms with Crippen LogP contribution in [0.25, 0.3) is 11.3 Å². The molecular formula is C17H19F3N4O2. The number of carbonyl (C=O) groups is 1. The fraction of sp³-hybridized carbons (Fsp3) is 0.353. The van der Waals surface area contributed by atoms with Crippen molar-refractivity contribution in [3.63, 3.8) is 0 Å². The lowest BCUT2D eigenvalue weighted by molar-refractivity contribution is -0.137. The third-order valence-corrected chi connectivity index (χ3v) is 3.44. The number of alkyl halides is 3. The highest BCUT2D eigenvalue weighted by Gasteiger charge is 2.30. The minimum absolute atomic E-state index is 0.156. The van der Waals surface area contributed by atoms with Crippen LogP contribution in [0.2, 0.25) is 0 Å². The molecule has 0 bridgehead atoms. The SMILES string of the molecule is COCCNCC(=O)NCc1cc(-c2ccc(C(F)(F)F)cn2)ccn1. The van der Waals surface area contributed by atoms with Crippen LogP contribution in [0.5, 0.6) is 0 Å². The number of amides is 1. The number of pyridine rings is 2. The number of halogens is 3. The van der Waals surface area contributed by atoms with E-state index < -0.39 is 11.7 Å². The standard InChI is InChI=1S/C17H19F3N4O2/c1-26-7-6-21-11-16(25)24-10-14-8-12(4-5-22-14)15-3-2-13(9-23-15)17(18,19)20/h2-5,8-9,21H,6-7,10-11H2,1H3,(H,24,25). The number of ether oxygens (including phenoxy) is 1. The molecule has 0 radical (unpaired) electrons. The van der Waals surface area contributed by atoms with Gasteiger partial charge in [-0.3, -0.25) is 14.8 Å². The molecule has 2 aromatic rings. The highest BCUT2D eigenvalue weighted by Crippen LogP contribution is 2.29. The van der Waals surface area contributed by atoms with E-state index in [2.05, 4.69) is 20.6 Å². The van der Waals surface area contributed by atoms with Gasteiger partial charge in [0, 0.05) is 31.6 Å². The fourth-order valence-electron chi connectivity index (χ4n) is 2.09. The summed E-state index contributed by atoms with van der Waals surface area (Å²) in [5, 5.41) is 5.63.